The summed E-state index contributed by atoms with van der Waals surface area (Å²) in [5.41, 5.74) is 3.56. The van der Waals surface area contributed by atoms with Crippen molar-refractivity contribution in [2.24, 2.45) is 5.92 Å². The highest BCUT2D eigenvalue weighted by atomic mass is 19.4. The maximum Gasteiger partial charge on any atom is 0.490 e. The predicted octanol–water partition coefficient (Wildman–Crippen LogP) is 3.88. The lowest BCUT2D eigenvalue weighted by molar-refractivity contribution is -0.193. The number of imidazole rings is 1. The number of rotatable bonds is 6. The van der Waals surface area contributed by atoms with Crippen LogP contribution < -0.4 is 0 Å². The van der Waals surface area contributed by atoms with Crippen molar-refractivity contribution in [2.45, 2.75) is 57.9 Å². The molecule has 4 rings (SSSR count). The van der Waals surface area contributed by atoms with Gasteiger partial charge in [0.2, 0.25) is 0 Å². The Morgan fingerprint density at radius 1 is 1.00 bits per heavy atom. The lowest BCUT2D eigenvalue weighted by Gasteiger charge is -2.19. The molecule has 0 bridgehead atoms. The van der Waals surface area contributed by atoms with Gasteiger partial charge >= 0.3 is 24.3 Å². The normalized spacial score (nSPS) is 15.8. The van der Waals surface area contributed by atoms with Crippen LogP contribution in [-0.2, 0) is 40.6 Å². The molecule has 15 heteroatoms. The Bertz CT molecular complexity index is 985. The zero-order valence-electron chi connectivity index (χ0n) is 19.5. The second-order valence-electron chi connectivity index (χ2n) is 8.28. The third kappa shape index (κ3) is 11.2. The van der Waals surface area contributed by atoms with E-state index in [1.165, 1.54) is 18.5 Å². The summed E-state index contributed by atoms with van der Waals surface area (Å²) in [4.78, 5) is 29.3. The predicted molar refractivity (Wildman–Crippen MR) is 115 cm³/mol. The molecule has 206 valence electrons. The van der Waals surface area contributed by atoms with Gasteiger partial charge in [0.1, 0.15) is 0 Å². The third-order valence-electron chi connectivity index (χ3n) is 5.17. The summed E-state index contributed by atoms with van der Waals surface area (Å²) in [5, 5.41) is 14.2. The van der Waals surface area contributed by atoms with Gasteiger partial charge in [0, 0.05) is 39.0 Å². The van der Waals surface area contributed by atoms with Gasteiger partial charge in [0.05, 0.1) is 30.0 Å². The Hall–Kier alpha value is -3.20. The minimum absolute atomic E-state index is 0.649. The lowest BCUT2D eigenvalue weighted by atomic mass is 10.2. The number of pyridine rings is 1. The van der Waals surface area contributed by atoms with E-state index >= 15 is 0 Å². The Kier molecular flexibility index (Phi) is 10.9. The van der Waals surface area contributed by atoms with Gasteiger partial charge in [-0.2, -0.15) is 26.3 Å². The van der Waals surface area contributed by atoms with Crippen molar-refractivity contribution < 1.29 is 50.9 Å². The van der Waals surface area contributed by atoms with E-state index in [1.54, 1.807) is 0 Å². The molecule has 9 nitrogen and oxygen atoms in total. The fourth-order valence-electron chi connectivity index (χ4n) is 3.16. The second-order valence-corrected chi connectivity index (χ2v) is 8.28. The number of aromatic nitrogens is 3. The summed E-state index contributed by atoms with van der Waals surface area (Å²) >= 11 is 0. The molecule has 0 saturated heterocycles. The number of nitrogens with zero attached hydrogens (tertiary/aromatic N) is 4. The van der Waals surface area contributed by atoms with Gasteiger partial charge in [0.25, 0.3) is 0 Å². The number of aryl methyl sites for hydroxylation is 1. The number of carbonyl (C=O) groups is 2. The number of hydrogen-bond donors (Lipinski definition) is 2. The Morgan fingerprint density at radius 3 is 2.14 bits per heavy atom. The smallest absolute Gasteiger partial charge is 0.475 e. The summed E-state index contributed by atoms with van der Waals surface area (Å²) in [7, 11) is 0. The highest BCUT2D eigenvalue weighted by Crippen LogP contribution is 2.29. The molecule has 2 aromatic rings. The number of hydrogen-bond acceptors (Lipinski definition) is 6. The zero-order valence-corrected chi connectivity index (χ0v) is 19.5. The van der Waals surface area contributed by atoms with Crippen molar-refractivity contribution in [2.75, 3.05) is 13.2 Å². The first kappa shape index (κ1) is 30.0. The van der Waals surface area contributed by atoms with Crippen molar-refractivity contribution in [3.8, 4) is 0 Å². The number of aliphatic carboxylic acids is 2. The van der Waals surface area contributed by atoms with Crippen LogP contribution in [0.1, 0.15) is 36.3 Å². The number of fused-ring (bicyclic) bond motifs is 1. The largest absolute Gasteiger partial charge is 0.490 e. The number of alkyl halides is 6. The average Bonchev–Trinajstić information content (AvgIpc) is 3.59. The standard InChI is InChI=1S/C18H24N4O.2C2HF3O2/c1-2-7-19-16(4-1)10-21-8-3-9-22-14-20-17(18(22)11-21)13-23-12-15-5-6-15;2*3-2(4,5)1(6)7/h1-2,4,7,14-15H,3,5-6,8-13H2;2*(H,6,7). The van der Waals surface area contributed by atoms with E-state index in [4.69, 9.17) is 24.5 Å². The monoisotopic (exact) mass is 540 g/mol. The van der Waals surface area contributed by atoms with Gasteiger partial charge in [-0.25, -0.2) is 14.6 Å². The second kappa shape index (κ2) is 13.4. The summed E-state index contributed by atoms with van der Waals surface area (Å²) in [6.45, 7) is 5.51. The molecule has 0 radical (unpaired) electrons. The SMILES string of the molecule is O=C(O)C(F)(F)F.O=C(O)C(F)(F)F.c1ccc(CN2CCCn3cnc(COCC4CC4)c3C2)nc1. The van der Waals surface area contributed by atoms with Crippen LogP contribution in [0.4, 0.5) is 26.3 Å². The van der Waals surface area contributed by atoms with Crippen LogP contribution in [0, 0.1) is 5.92 Å². The van der Waals surface area contributed by atoms with E-state index in [0.29, 0.717) is 6.61 Å². The van der Waals surface area contributed by atoms with Crippen LogP contribution in [0.2, 0.25) is 0 Å². The van der Waals surface area contributed by atoms with Gasteiger partial charge < -0.3 is 19.5 Å². The molecule has 1 aliphatic heterocycles. The molecule has 2 aromatic heterocycles. The highest BCUT2D eigenvalue weighted by molar-refractivity contribution is 5.73. The molecule has 0 spiro atoms. The summed E-state index contributed by atoms with van der Waals surface area (Å²) in [6, 6.07) is 6.12. The quantitative estimate of drug-likeness (QED) is 0.531. The fourth-order valence-corrected chi connectivity index (χ4v) is 3.16. The van der Waals surface area contributed by atoms with Crippen LogP contribution in [0.25, 0.3) is 0 Å². The maximum atomic E-state index is 10.6. The number of ether oxygens (including phenoxy) is 1. The first-order chi connectivity index (χ1) is 17.3. The molecule has 0 atom stereocenters. The highest BCUT2D eigenvalue weighted by Gasteiger charge is 2.38. The third-order valence-corrected chi connectivity index (χ3v) is 5.17. The lowest BCUT2D eigenvalue weighted by Crippen LogP contribution is -2.24. The van der Waals surface area contributed by atoms with Crippen LogP contribution in [0.15, 0.2) is 30.7 Å². The fraction of sp³-hybridized carbons (Fsp3) is 0.545. The first-order valence-electron chi connectivity index (χ1n) is 11.1. The van der Waals surface area contributed by atoms with Gasteiger partial charge in [0.15, 0.2) is 0 Å². The van der Waals surface area contributed by atoms with E-state index in [-0.39, 0.29) is 0 Å². The molecule has 0 aromatic carbocycles. The molecule has 1 fully saturated rings. The van der Waals surface area contributed by atoms with Crippen molar-refractivity contribution in [1.29, 1.82) is 0 Å². The van der Waals surface area contributed by atoms with Crippen LogP contribution >= 0.6 is 0 Å². The van der Waals surface area contributed by atoms with Crippen molar-refractivity contribution in [3.63, 3.8) is 0 Å². The van der Waals surface area contributed by atoms with E-state index in [1.807, 2.05) is 18.6 Å². The van der Waals surface area contributed by atoms with Crippen molar-refractivity contribution in [3.05, 3.63) is 47.8 Å². The molecule has 3 heterocycles. The molecule has 0 amide bonds. The van der Waals surface area contributed by atoms with Crippen molar-refractivity contribution in [1.82, 2.24) is 19.4 Å². The number of carboxylic acid groups (broad SMARTS) is 2. The molecule has 1 aliphatic carbocycles. The van der Waals surface area contributed by atoms with E-state index in [9.17, 15) is 26.3 Å². The van der Waals surface area contributed by atoms with Gasteiger partial charge in [-0.15, -0.1) is 0 Å². The Balaban J connectivity index is 0.000000286. The van der Waals surface area contributed by atoms with E-state index in [2.05, 4.69) is 31.6 Å². The molecule has 1 saturated carbocycles. The molecular weight excluding hydrogens is 514 g/mol. The number of halogens is 6. The number of carboxylic acids is 2. The minimum Gasteiger partial charge on any atom is -0.475 e. The molecule has 2 aliphatic rings. The molecule has 2 N–H and O–H groups in total. The molecular formula is C22H26F6N4O5. The molecule has 0 unspecified atom stereocenters. The van der Waals surface area contributed by atoms with E-state index < -0.39 is 24.3 Å². The molecule has 37 heavy (non-hydrogen) atoms. The zero-order chi connectivity index (χ0) is 27.6. The topological polar surface area (TPSA) is 118 Å². The maximum absolute atomic E-state index is 10.6. The van der Waals surface area contributed by atoms with Crippen LogP contribution in [-0.4, -0.2) is 67.1 Å². The van der Waals surface area contributed by atoms with Crippen molar-refractivity contribution >= 4 is 11.9 Å². The minimum atomic E-state index is -5.08. The van der Waals surface area contributed by atoms with Gasteiger partial charge in [-0.3, -0.25) is 9.88 Å². The summed E-state index contributed by atoms with van der Waals surface area (Å²) in [5.74, 6) is -4.71. The van der Waals surface area contributed by atoms with Crippen LogP contribution in [0.5, 0.6) is 0 Å². The summed E-state index contributed by atoms with van der Waals surface area (Å²) < 4.78 is 71.6. The summed E-state index contributed by atoms with van der Waals surface area (Å²) in [6.07, 6.45) is -2.50. The van der Waals surface area contributed by atoms with Crippen LogP contribution in [0.3, 0.4) is 0 Å². The van der Waals surface area contributed by atoms with E-state index in [0.717, 1.165) is 56.5 Å². The van der Waals surface area contributed by atoms with Gasteiger partial charge in [-0.05, 0) is 37.3 Å². The van der Waals surface area contributed by atoms with Gasteiger partial charge in [-0.1, -0.05) is 6.07 Å². The Labute approximate surface area is 207 Å². The first-order valence-corrected chi connectivity index (χ1v) is 11.1. The average molecular weight is 540 g/mol. The Morgan fingerprint density at radius 2 is 1.62 bits per heavy atom.